The van der Waals surface area contributed by atoms with Gasteiger partial charge in [0.1, 0.15) is 0 Å². The fourth-order valence-electron chi connectivity index (χ4n) is 3.28. The number of fused-ring (bicyclic) bond motifs is 1. The Morgan fingerprint density at radius 3 is 3.04 bits per heavy atom. The van der Waals surface area contributed by atoms with E-state index in [1.165, 1.54) is 11.3 Å². The zero-order valence-corrected chi connectivity index (χ0v) is 13.9. The van der Waals surface area contributed by atoms with Crippen molar-refractivity contribution in [3.05, 3.63) is 29.3 Å². The molecule has 1 saturated heterocycles. The third-order valence-corrected chi connectivity index (χ3v) is 4.57. The zero-order valence-electron chi connectivity index (χ0n) is 13.9. The minimum absolute atomic E-state index is 0.179. The van der Waals surface area contributed by atoms with E-state index in [0.29, 0.717) is 12.6 Å². The molecule has 2 aliphatic rings. The molecule has 5 heteroatoms. The number of morpholine rings is 1. The Bertz CT molecular complexity index is 541. The molecule has 0 saturated carbocycles. The summed E-state index contributed by atoms with van der Waals surface area (Å²) in [5, 5.41) is 6.69. The van der Waals surface area contributed by atoms with Crippen LogP contribution in [0.5, 0.6) is 0 Å². The van der Waals surface area contributed by atoms with Gasteiger partial charge < -0.3 is 15.4 Å². The van der Waals surface area contributed by atoms with Crippen LogP contribution in [0.1, 0.15) is 29.3 Å². The van der Waals surface area contributed by atoms with E-state index in [1.54, 1.807) is 0 Å². The van der Waals surface area contributed by atoms with Gasteiger partial charge in [-0.25, -0.2) is 0 Å². The van der Waals surface area contributed by atoms with Gasteiger partial charge in [0.25, 0.3) is 0 Å². The van der Waals surface area contributed by atoms with Crippen molar-refractivity contribution in [3.63, 3.8) is 0 Å². The number of ketones is 1. The van der Waals surface area contributed by atoms with Crippen LogP contribution in [0.25, 0.3) is 0 Å². The molecule has 2 aliphatic heterocycles. The fourth-order valence-corrected chi connectivity index (χ4v) is 3.28. The van der Waals surface area contributed by atoms with Gasteiger partial charge in [-0.2, -0.15) is 0 Å². The van der Waals surface area contributed by atoms with Crippen molar-refractivity contribution in [2.75, 3.05) is 51.3 Å². The Morgan fingerprint density at radius 2 is 2.22 bits per heavy atom. The van der Waals surface area contributed by atoms with Crippen LogP contribution >= 0.6 is 0 Å². The molecular formula is C18H27N3O2. The van der Waals surface area contributed by atoms with Crippen molar-refractivity contribution >= 4 is 11.5 Å². The van der Waals surface area contributed by atoms with Crippen molar-refractivity contribution in [3.8, 4) is 0 Å². The molecule has 126 valence electrons. The predicted molar refractivity (Wildman–Crippen MR) is 92.3 cm³/mol. The molecule has 3 rings (SSSR count). The Labute approximate surface area is 138 Å². The summed E-state index contributed by atoms with van der Waals surface area (Å²) in [7, 11) is 0. The lowest BCUT2D eigenvalue weighted by Crippen LogP contribution is -2.38. The number of rotatable bonds is 7. The second-order valence-corrected chi connectivity index (χ2v) is 6.53. The average Bonchev–Trinajstić information content (AvgIpc) is 2.94. The first-order valence-corrected chi connectivity index (χ1v) is 8.66. The van der Waals surface area contributed by atoms with Gasteiger partial charge in [0.2, 0.25) is 0 Å². The molecule has 0 radical (unpaired) electrons. The number of nitrogens with zero attached hydrogens (tertiary/aromatic N) is 1. The number of carbonyl (C=O) groups is 1. The molecule has 1 unspecified atom stereocenters. The number of carbonyl (C=O) groups excluding carboxylic acids is 1. The van der Waals surface area contributed by atoms with Gasteiger partial charge in [0.15, 0.2) is 5.78 Å². The summed E-state index contributed by atoms with van der Waals surface area (Å²) in [6.45, 7) is 8.29. The number of hydrogen-bond acceptors (Lipinski definition) is 5. The highest BCUT2D eigenvalue weighted by molar-refractivity contribution is 5.98. The van der Waals surface area contributed by atoms with E-state index in [9.17, 15) is 4.79 Å². The lowest BCUT2D eigenvalue weighted by atomic mass is 10.0. The van der Waals surface area contributed by atoms with Crippen LogP contribution in [0.3, 0.4) is 0 Å². The topological polar surface area (TPSA) is 53.6 Å². The molecule has 0 bridgehead atoms. The molecule has 0 aliphatic carbocycles. The molecule has 2 heterocycles. The number of ether oxygens (including phenoxy) is 1. The fraction of sp³-hybridized carbons (Fsp3) is 0.611. The van der Waals surface area contributed by atoms with Crippen molar-refractivity contribution in [2.45, 2.75) is 25.8 Å². The van der Waals surface area contributed by atoms with Gasteiger partial charge in [-0.3, -0.25) is 9.69 Å². The zero-order chi connectivity index (χ0) is 16.1. The minimum atomic E-state index is 0.179. The standard InChI is InChI=1S/C18H27N3O2/c1-14-11-16-12-15(3-4-17(16)20-14)18(22)13-19-5-2-6-21-7-9-23-10-8-21/h3-4,12,14,19-20H,2,5-11,13H2,1H3. The maximum atomic E-state index is 12.3. The molecule has 2 N–H and O–H groups in total. The molecule has 0 amide bonds. The van der Waals surface area contributed by atoms with E-state index in [4.69, 9.17) is 4.74 Å². The highest BCUT2D eigenvalue weighted by Crippen LogP contribution is 2.26. The van der Waals surface area contributed by atoms with Crippen LogP contribution in [0.2, 0.25) is 0 Å². The Kier molecular flexibility index (Phi) is 5.65. The lowest BCUT2D eigenvalue weighted by Gasteiger charge is -2.26. The van der Waals surface area contributed by atoms with Crippen molar-refractivity contribution in [1.82, 2.24) is 10.2 Å². The van der Waals surface area contributed by atoms with E-state index in [2.05, 4.69) is 22.5 Å². The Balaban J connectivity index is 1.37. The molecule has 1 aromatic carbocycles. The third kappa shape index (κ3) is 4.53. The second-order valence-electron chi connectivity index (χ2n) is 6.53. The molecule has 5 nitrogen and oxygen atoms in total. The van der Waals surface area contributed by atoms with Gasteiger partial charge in [-0.15, -0.1) is 0 Å². The third-order valence-electron chi connectivity index (χ3n) is 4.57. The molecule has 1 atom stereocenters. The first-order valence-electron chi connectivity index (χ1n) is 8.66. The highest BCUT2D eigenvalue weighted by atomic mass is 16.5. The molecule has 0 aromatic heterocycles. The predicted octanol–water partition coefficient (Wildman–Crippen LogP) is 1.54. The summed E-state index contributed by atoms with van der Waals surface area (Å²) in [4.78, 5) is 14.7. The summed E-state index contributed by atoms with van der Waals surface area (Å²) in [5.41, 5.74) is 3.25. The maximum Gasteiger partial charge on any atom is 0.176 e. The summed E-state index contributed by atoms with van der Waals surface area (Å²) in [6, 6.07) is 6.48. The van der Waals surface area contributed by atoms with Gasteiger partial charge in [-0.1, -0.05) is 0 Å². The monoisotopic (exact) mass is 317 g/mol. The van der Waals surface area contributed by atoms with Gasteiger partial charge >= 0.3 is 0 Å². The summed E-state index contributed by atoms with van der Waals surface area (Å²) < 4.78 is 5.34. The van der Waals surface area contributed by atoms with Crippen molar-refractivity contribution in [2.24, 2.45) is 0 Å². The van der Waals surface area contributed by atoms with Gasteiger partial charge in [0, 0.05) is 30.4 Å². The molecule has 1 fully saturated rings. The second kappa shape index (κ2) is 7.90. The largest absolute Gasteiger partial charge is 0.382 e. The smallest absolute Gasteiger partial charge is 0.176 e. The van der Waals surface area contributed by atoms with Gasteiger partial charge in [-0.05, 0) is 56.6 Å². The van der Waals surface area contributed by atoms with Crippen LogP contribution in [-0.4, -0.2) is 62.7 Å². The quantitative estimate of drug-likeness (QED) is 0.590. The number of anilines is 1. The lowest BCUT2D eigenvalue weighted by molar-refractivity contribution is 0.0375. The van der Waals surface area contributed by atoms with Crippen molar-refractivity contribution < 1.29 is 9.53 Å². The highest BCUT2D eigenvalue weighted by Gasteiger charge is 2.18. The summed E-state index contributed by atoms with van der Waals surface area (Å²) >= 11 is 0. The number of benzene rings is 1. The van der Waals surface area contributed by atoms with Crippen molar-refractivity contribution in [1.29, 1.82) is 0 Å². The normalized spacial score (nSPS) is 21.0. The number of hydrogen-bond donors (Lipinski definition) is 2. The summed E-state index contributed by atoms with van der Waals surface area (Å²) in [6.07, 6.45) is 2.07. The Morgan fingerprint density at radius 1 is 1.39 bits per heavy atom. The van der Waals surface area contributed by atoms with Crippen LogP contribution < -0.4 is 10.6 Å². The van der Waals surface area contributed by atoms with E-state index in [1.807, 2.05) is 18.2 Å². The van der Waals surface area contributed by atoms with E-state index in [0.717, 1.165) is 57.8 Å². The Hall–Kier alpha value is -1.43. The SMILES string of the molecule is CC1Cc2cc(C(=O)CNCCCN3CCOCC3)ccc2N1. The molecular weight excluding hydrogens is 290 g/mol. The number of Topliss-reactive ketones (excluding diaryl/α,β-unsaturated/α-hetero) is 1. The first-order chi connectivity index (χ1) is 11.2. The van der Waals surface area contributed by atoms with Gasteiger partial charge in [0.05, 0.1) is 19.8 Å². The van der Waals surface area contributed by atoms with E-state index in [-0.39, 0.29) is 5.78 Å². The number of nitrogens with one attached hydrogen (secondary N) is 2. The molecule has 23 heavy (non-hydrogen) atoms. The van der Waals surface area contributed by atoms with E-state index < -0.39 is 0 Å². The maximum absolute atomic E-state index is 12.3. The van der Waals surface area contributed by atoms with Crippen LogP contribution in [0, 0.1) is 0 Å². The van der Waals surface area contributed by atoms with E-state index >= 15 is 0 Å². The van der Waals surface area contributed by atoms with Crippen LogP contribution in [0.15, 0.2) is 18.2 Å². The summed E-state index contributed by atoms with van der Waals surface area (Å²) in [5.74, 6) is 0.179. The van der Waals surface area contributed by atoms with Crippen LogP contribution in [0.4, 0.5) is 5.69 Å². The molecule has 1 aromatic rings. The van der Waals surface area contributed by atoms with Crippen LogP contribution in [-0.2, 0) is 11.2 Å². The minimum Gasteiger partial charge on any atom is -0.382 e. The first kappa shape index (κ1) is 16.4. The molecule has 0 spiro atoms. The average molecular weight is 317 g/mol.